The minimum Gasteiger partial charge on any atom is -0.464 e. The average molecular weight is 419 g/mol. The van der Waals surface area contributed by atoms with E-state index in [2.05, 4.69) is 15.9 Å². The molecule has 128 valence electrons. The van der Waals surface area contributed by atoms with Crippen molar-refractivity contribution in [2.45, 2.75) is 32.5 Å². The molecule has 0 saturated carbocycles. The molecule has 0 aliphatic carbocycles. The van der Waals surface area contributed by atoms with Crippen molar-refractivity contribution < 1.29 is 32.6 Å². The standard InChI is InChI=1S/C13H12BrClF3NO4/c1-12(2,3)23-11(22)19(10(20)21)9-5-8(15)6(4-7(9)14)13(16,17)18/h4-5H,1-3H3,(H,20,21). The molecular weight excluding hydrogens is 406 g/mol. The van der Waals surface area contributed by atoms with E-state index in [1.165, 1.54) is 20.8 Å². The van der Waals surface area contributed by atoms with E-state index < -0.39 is 34.5 Å². The van der Waals surface area contributed by atoms with Crippen molar-refractivity contribution in [2.24, 2.45) is 0 Å². The number of anilines is 1. The third-order valence-corrected chi connectivity index (χ3v) is 3.30. The molecule has 0 aromatic heterocycles. The SMILES string of the molecule is CC(C)(C)OC(=O)N(C(=O)O)c1cc(Cl)c(C(F)(F)F)cc1Br. The Labute approximate surface area is 143 Å². The van der Waals surface area contributed by atoms with Crippen LogP contribution in [0.15, 0.2) is 16.6 Å². The van der Waals surface area contributed by atoms with Crippen molar-refractivity contribution in [3.05, 3.63) is 27.2 Å². The first-order chi connectivity index (χ1) is 10.2. The molecule has 2 amide bonds. The van der Waals surface area contributed by atoms with Crippen LogP contribution in [0.25, 0.3) is 0 Å². The number of hydrogen-bond donors (Lipinski definition) is 1. The van der Waals surface area contributed by atoms with Gasteiger partial charge < -0.3 is 9.84 Å². The highest BCUT2D eigenvalue weighted by Crippen LogP contribution is 2.40. The Bertz CT molecular complexity index is 643. The third-order valence-electron chi connectivity index (χ3n) is 2.35. The monoisotopic (exact) mass is 417 g/mol. The van der Waals surface area contributed by atoms with Gasteiger partial charge in [0.15, 0.2) is 0 Å². The van der Waals surface area contributed by atoms with Crippen LogP contribution in [0, 0.1) is 0 Å². The number of benzene rings is 1. The molecule has 0 bridgehead atoms. The van der Waals surface area contributed by atoms with Gasteiger partial charge in [-0.05, 0) is 48.8 Å². The summed E-state index contributed by atoms with van der Waals surface area (Å²) in [4.78, 5) is 23.5. The van der Waals surface area contributed by atoms with E-state index in [1.54, 1.807) is 0 Å². The second-order valence-electron chi connectivity index (χ2n) is 5.38. The number of carboxylic acid groups (broad SMARTS) is 1. The number of alkyl halides is 3. The number of ether oxygens (including phenoxy) is 1. The number of amides is 2. The van der Waals surface area contributed by atoms with Gasteiger partial charge in [0.2, 0.25) is 0 Å². The van der Waals surface area contributed by atoms with E-state index in [0.29, 0.717) is 6.07 Å². The average Bonchev–Trinajstić information content (AvgIpc) is 2.28. The summed E-state index contributed by atoms with van der Waals surface area (Å²) in [7, 11) is 0. The van der Waals surface area contributed by atoms with E-state index in [9.17, 15) is 27.9 Å². The first-order valence-electron chi connectivity index (χ1n) is 6.06. The topological polar surface area (TPSA) is 66.8 Å². The summed E-state index contributed by atoms with van der Waals surface area (Å²) in [6, 6.07) is 1.32. The summed E-state index contributed by atoms with van der Waals surface area (Å²) >= 11 is 8.38. The maximum atomic E-state index is 12.8. The van der Waals surface area contributed by atoms with Crippen molar-refractivity contribution in [1.82, 2.24) is 0 Å². The summed E-state index contributed by atoms with van der Waals surface area (Å²) in [5, 5.41) is 8.43. The highest BCUT2D eigenvalue weighted by Gasteiger charge is 2.36. The van der Waals surface area contributed by atoms with Crippen molar-refractivity contribution in [3.63, 3.8) is 0 Å². The van der Waals surface area contributed by atoms with Crippen LogP contribution in [0.5, 0.6) is 0 Å². The molecule has 23 heavy (non-hydrogen) atoms. The lowest BCUT2D eigenvalue weighted by Crippen LogP contribution is -2.40. The number of halogens is 5. The zero-order chi connectivity index (χ0) is 18.2. The summed E-state index contributed by atoms with van der Waals surface area (Å²) in [6.07, 6.45) is -7.71. The Balaban J connectivity index is 3.38. The molecule has 0 fully saturated rings. The highest BCUT2D eigenvalue weighted by molar-refractivity contribution is 9.10. The quantitative estimate of drug-likeness (QED) is 0.650. The van der Waals surface area contributed by atoms with Crippen molar-refractivity contribution in [1.29, 1.82) is 0 Å². The van der Waals surface area contributed by atoms with Gasteiger partial charge in [-0.3, -0.25) is 0 Å². The minimum atomic E-state index is -4.72. The van der Waals surface area contributed by atoms with Gasteiger partial charge >= 0.3 is 18.4 Å². The van der Waals surface area contributed by atoms with Gasteiger partial charge in [0, 0.05) is 4.47 Å². The van der Waals surface area contributed by atoms with Crippen LogP contribution in [0.4, 0.5) is 28.4 Å². The molecule has 0 unspecified atom stereocenters. The Morgan fingerprint density at radius 2 is 1.78 bits per heavy atom. The van der Waals surface area contributed by atoms with E-state index in [-0.39, 0.29) is 15.1 Å². The Hall–Kier alpha value is -1.48. The molecule has 0 heterocycles. The number of imide groups is 1. The fourth-order valence-electron chi connectivity index (χ4n) is 1.51. The van der Waals surface area contributed by atoms with Gasteiger partial charge in [-0.25, -0.2) is 9.59 Å². The molecule has 0 radical (unpaired) electrons. The first kappa shape index (κ1) is 19.6. The van der Waals surface area contributed by atoms with E-state index in [0.717, 1.165) is 6.07 Å². The molecule has 1 aromatic carbocycles. The normalized spacial score (nSPS) is 12.0. The lowest BCUT2D eigenvalue weighted by molar-refractivity contribution is -0.137. The molecule has 1 N–H and O–H groups in total. The molecule has 1 rings (SSSR count). The van der Waals surface area contributed by atoms with E-state index >= 15 is 0 Å². The summed E-state index contributed by atoms with van der Waals surface area (Å²) in [6.45, 7) is 4.54. The maximum absolute atomic E-state index is 12.8. The van der Waals surface area contributed by atoms with E-state index in [1.807, 2.05) is 0 Å². The van der Waals surface area contributed by atoms with Gasteiger partial charge in [0.1, 0.15) is 5.60 Å². The maximum Gasteiger partial charge on any atom is 0.424 e. The van der Waals surface area contributed by atoms with Crippen LogP contribution in [0.1, 0.15) is 26.3 Å². The zero-order valence-electron chi connectivity index (χ0n) is 12.2. The third kappa shape index (κ3) is 5.00. The predicted molar refractivity (Wildman–Crippen MR) is 80.9 cm³/mol. The molecule has 10 heteroatoms. The van der Waals surface area contributed by atoms with Gasteiger partial charge in [-0.1, -0.05) is 11.6 Å². The Morgan fingerprint density at radius 3 is 2.17 bits per heavy atom. The van der Waals surface area contributed by atoms with Crippen LogP contribution < -0.4 is 4.90 Å². The second-order valence-corrected chi connectivity index (χ2v) is 6.64. The fraction of sp³-hybridized carbons (Fsp3) is 0.385. The molecule has 0 aliphatic heterocycles. The number of carbonyl (C=O) groups excluding carboxylic acids is 1. The lowest BCUT2D eigenvalue weighted by Gasteiger charge is -2.25. The van der Waals surface area contributed by atoms with Crippen LogP contribution in [-0.4, -0.2) is 22.9 Å². The van der Waals surface area contributed by atoms with E-state index in [4.69, 9.17) is 16.3 Å². The smallest absolute Gasteiger partial charge is 0.424 e. The van der Waals surface area contributed by atoms with Gasteiger partial charge in [-0.2, -0.15) is 18.1 Å². The molecule has 0 aliphatic rings. The predicted octanol–water partition coefficient (Wildman–Crippen LogP) is 5.54. The van der Waals surface area contributed by atoms with Gasteiger partial charge in [0.05, 0.1) is 16.3 Å². The summed E-state index contributed by atoms with van der Waals surface area (Å²) in [5.74, 6) is 0. The molecule has 0 spiro atoms. The van der Waals surface area contributed by atoms with Crippen molar-refractivity contribution >= 4 is 45.4 Å². The summed E-state index contributed by atoms with van der Waals surface area (Å²) in [5.41, 5.74) is -2.54. The van der Waals surface area contributed by atoms with Crippen molar-refractivity contribution in [2.75, 3.05) is 4.90 Å². The molecule has 0 atom stereocenters. The molecule has 5 nitrogen and oxygen atoms in total. The fourth-order valence-corrected chi connectivity index (χ4v) is 2.30. The minimum absolute atomic E-state index is 0.168. The lowest BCUT2D eigenvalue weighted by atomic mass is 10.2. The van der Waals surface area contributed by atoms with Crippen molar-refractivity contribution in [3.8, 4) is 0 Å². The number of carbonyl (C=O) groups is 2. The first-order valence-corrected chi connectivity index (χ1v) is 7.23. The number of rotatable bonds is 1. The Morgan fingerprint density at radius 1 is 1.26 bits per heavy atom. The highest BCUT2D eigenvalue weighted by atomic mass is 79.9. The Kier molecular flexibility index (Phi) is 5.58. The molecule has 1 aromatic rings. The molecule has 0 saturated heterocycles. The van der Waals surface area contributed by atoms with Gasteiger partial charge in [0.25, 0.3) is 0 Å². The zero-order valence-corrected chi connectivity index (χ0v) is 14.5. The van der Waals surface area contributed by atoms with Gasteiger partial charge in [-0.15, -0.1) is 0 Å². The second kappa shape index (κ2) is 6.56. The van der Waals surface area contributed by atoms with Crippen LogP contribution >= 0.6 is 27.5 Å². The van der Waals surface area contributed by atoms with Crippen LogP contribution in [0.3, 0.4) is 0 Å². The summed E-state index contributed by atoms with van der Waals surface area (Å²) < 4.78 is 43.0. The van der Waals surface area contributed by atoms with Crippen LogP contribution in [-0.2, 0) is 10.9 Å². The number of nitrogens with zero attached hydrogens (tertiary/aromatic N) is 1. The molecular formula is C13H12BrClF3NO4. The van der Waals surface area contributed by atoms with Crippen LogP contribution in [0.2, 0.25) is 5.02 Å². The largest absolute Gasteiger partial charge is 0.464 e. The number of hydrogen-bond acceptors (Lipinski definition) is 3.